The molecule has 6 heteroatoms. The highest BCUT2D eigenvalue weighted by molar-refractivity contribution is 6.11. The normalized spacial score (nSPS) is 32.9. The predicted molar refractivity (Wildman–Crippen MR) is 60.6 cm³/mol. The fourth-order valence-electron chi connectivity index (χ4n) is 2.95. The van der Waals surface area contributed by atoms with Crippen molar-refractivity contribution in [3.05, 3.63) is 39.9 Å². The molecule has 1 N–H and O–H groups in total. The number of nitrogens with zero attached hydrogens (tertiary/aromatic N) is 1. The van der Waals surface area contributed by atoms with Crippen molar-refractivity contribution < 1.29 is 14.5 Å². The zero-order valence-corrected chi connectivity index (χ0v) is 9.54. The van der Waals surface area contributed by atoms with Crippen molar-refractivity contribution >= 4 is 17.5 Å². The van der Waals surface area contributed by atoms with E-state index in [0.717, 1.165) is 0 Å². The van der Waals surface area contributed by atoms with Crippen LogP contribution in [-0.4, -0.2) is 16.7 Å². The minimum atomic E-state index is -0.592. The van der Waals surface area contributed by atoms with Crippen LogP contribution in [0.1, 0.15) is 12.5 Å². The molecular formula is C12H10N2O4. The first-order valence-electron chi connectivity index (χ1n) is 5.56. The molecule has 1 aromatic rings. The number of hydrogen-bond donors (Lipinski definition) is 1. The molecule has 2 fully saturated rings. The van der Waals surface area contributed by atoms with Gasteiger partial charge in [0.2, 0.25) is 11.8 Å². The number of fused-ring (bicyclic) bond motifs is 1. The van der Waals surface area contributed by atoms with Crippen molar-refractivity contribution in [1.29, 1.82) is 0 Å². The molecule has 2 atom stereocenters. The molecule has 6 nitrogen and oxygen atoms in total. The number of benzene rings is 1. The van der Waals surface area contributed by atoms with Gasteiger partial charge in [0, 0.05) is 17.5 Å². The number of imide groups is 1. The summed E-state index contributed by atoms with van der Waals surface area (Å²) in [5.74, 6) is -1.32. The Kier molecular flexibility index (Phi) is 1.91. The van der Waals surface area contributed by atoms with Crippen molar-refractivity contribution in [3.63, 3.8) is 0 Å². The lowest BCUT2D eigenvalue weighted by Gasteiger charge is -2.14. The molecule has 1 heterocycles. The van der Waals surface area contributed by atoms with E-state index in [1.165, 1.54) is 12.1 Å². The number of hydrogen-bond acceptors (Lipinski definition) is 4. The van der Waals surface area contributed by atoms with Gasteiger partial charge >= 0.3 is 0 Å². The second-order valence-electron chi connectivity index (χ2n) is 4.90. The first kappa shape index (κ1) is 10.9. The van der Waals surface area contributed by atoms with Crippen LogP contribution in [0.5, 0.6) is 0 Å². The average molecular weight is 246 g/mol. The second-order valence-corrected chi connectivity index (χ2v) is 4.90. The molecule has 1 saturated carbocycles. The number of non-ortho nitro benzene ring substituents is 1. The van der Waals surface area contributed by atoms with Crippen LogP contribution in [0.15, 0.2) is 24.3 Å². The number of rotatable bonds is 2. The number of carbonyl (C=O) groups excluding carboxylic acids is 2. The molecule has 0 spiro atoms. The molecule has 1 saturated heterocycles. The van der Waals surface area contributed by atoms with Gasteiger partial charge in [0.15, 0.2) is 0 Å². The second kappa shape index (κ2) is 3.16. The number of nitro groups is 1. The first-order chi connectivity index (χ1) is 8.46. The van der Waals surface area contributed by atoms with E-state index in [9.17, 15) is 19.7 Å². The molecule has 2 amide bonds. The van der Waals surface area contributed by atoms with Crippen LogP contribution >= 0.6 is 0 Å². The van der Waals surface area contributed by atoms with E-state index in [0.29, 0.717) is 5.56 Å². The summed E-state index contributed by atoms with van der Waals surface area (Å²) in [6, 6.07) is 6.15. The van der Waals surface area contributed by atoms with Crippen LogP contribution < -0.4 is 5.32 Å². The van der Waals surface area contributed by atoms with Gasteiger partial charge in [-0.25, -0.2) is 0 Å². The molecule has 2 aliphatic rings. The topological polar surface area (TPSA) is 89.3 Å². The van der Waals surface area contributed by atoms with E-state index in [-0.39, 0.29) is 29.3 Å². The third kappa shape index (κ3) is 1.17. The summed E-state index contributed by atoms with van der Waals surface area (Å²) in [6.45, 7) is 1.80. The van der Waals surface area contributed by atoms with Gasteiger partial charge in [-0.1, -0.05) is 19.1 Å². The molecule has 0 radical (unpaired) electrons. The van der Waals surface area contributed by atoms with Crippen molar-refractivity contribution in [2.45, 2.75) is 12.3 Å². The fourth-order valence-corrected chi connectivity index (χ4v) is 2.95. The van der Waals surface area contributed by atoms with Crippen LogP contribution in [0, 0.1) is 22.0 Å². The lowest BCUT2D eigenvalue weighted by molar-refractivity contribution is -0.384. The summed E-state index contributed by atoms with van der Waals surface area (Å²) in [5, 5.41) is 13.0. The van der Waals surface area contributed by atoms with Crippen molar-refractivity contribution in [1.82, 2.24) is 5.32 Å². The Morgan fingerprint density at radius 2 is 1.89 bits per heavy atom. The molecular weight excluding hydrogens is 236 g/mol. The minimum Gasteiger partial charge on any atom is -0.296 e. The highest BCUT2D eigenvalue weighted by atomic mass is 16.6. The van der Waals surface area contributed by atoms with Gasteiger partial charge in [-0.2, -0.15) is 0 Å². The largest absolute Gasteiger partial charge is 0.296 e. The van der Waals surface area contributed by atoms with Crippen molar-refractivity contribution in [2.24, 2.45) is 11.8 Å². The third-order valence-corrected chi connectivity index (χ3v) is 4.01. The fraction of sp³-hybridized carbons (Fsp3) is 0.333. The highest BCUT2D eigenvalue weighted by Gasteiger charge is 2.73. The Morgan fingerprint density at radius 1 is 1.28 bits per heavy atom. The third-order valence-electron chi connectivity index (χ3n) is 4.01. The zero-order chi connectivity index (χ0) is 13.1. The molecule has 1 aliphatic heterocycles. The van der Waals surface area contributed by atoms with Crippen LogP contribution in [-0.2, 0) is 15.0 Å². The van der Waals surface area contributed by atoms with Gasteiger partial charge in [0.05, 0.1) is 16.8 Å². The predicted octanol–water partition coefficient (Wildman–Crippen LogP) is 0.755. The lowest BCUT2D eigenvalue weighted by atomic mass is 9.92. The lowest BCUT2D eigenvalue weighted by Crippen LogP contribution is -2.32. The summed E-state index contributed by atoms with van der Waals surface area (Å²) in [7, 11) is 0. The summed E-state index contributed by atoms with van der Waals surface area (Å²) >= 11 is 0. The molecule has 92 valence electrons. The number of carbonyl (C=O) groups is 2. The summed E-state index contributed by atoms with van der Waals surface area (Å²) in [6.07, 6.45) is 0. The molecule has 18 heavy (non-hydrogen) atoms. The van der Waals surface area contributed by atoms with Crippen LogP contribution in [0.4, 0.5) is 5.69 Å². The maximum absolute atomic E-state index is 11.6. The molecule has 1 aliphatic carbocycles. The zero-order valence-electron chi connectivity index (χ0n) is 9.54. The highest BCUT2D eigenvalue weighted by Crippen LogP contribution is 2.62. The number of nitrogens with one attached hydrogen (secondary N) is 1. The van der Waals surface area contributed by atoms with Gasteiger partial charge in [-0.05, 0) is 5.56 Å². The number of nitro benzene ring substituents is 1. The Balaban J connectivity index is 2.02. The van der Waals surface area contributed by atoms with E-state index in [1.54, 1.807) is 19.1 Å². The molecule has 0 bridgehead atoms. The summed E-state index contributed by atoms with van der Waals surface area (Å²) < 4.78 is 0. The van der Waals surface area contributed by atoms with E-state index in [4.69, 9.17) is 0 Å². The van der Waals surface area contributed by atoms with E-state index >= 15 is 0 Å². The van der Waals surface area contributed by atoms with Crippen LogP contribution in [0.3, 0.4) is 0 Å². The molecule has 2 unspecified atom stereocenters. The number of amides is 2. The van der Waals surface area contributed by atoms with Gasteiger partial charge in [0.25, 0.3) is 5.69 Å². The SMILES string of the molecule is CC1(c2cccc([N+](=O)[O-])c2)C2C(=O)NC(=O)C21. The quantitative estimate of drug-likeness (QED) is 0.474. The maximum Gasteiger partial charge on any atom is 0.269 e. The smallest absolute Gasteiger partial charge is 0.269 e. The van der Waals surface area contributed by atoms with Gasteiger partial charge < -0.3 is 0 Å². The van der Waals surface area contributed by atoms with E-state index < -0.39 is 10.3 Å². The van der Waals surface area contributed by atoms with E-state index in [1.807, 2.05) is 0 Å². The summed E-state index contributed by atoms with van der Waals surface area (Å²) in [4.78, 5) is 33.4. The van der Waals surface area contributed by atoms with Gasteiger partial charge in [-0.15, -0.1) is 0 Å². The Bertz CT molecular complexity index is 575. The minimum absolute atomic E-state index is 0.0217. The molecule has 3 rings (SSSR count). The monoisotopic (exact) mass is 246 g/mol. The van der Waals surface area contributed by atoms with E-state index in [2.05, 4.69) is 5.32 Å². The first-order valence-corrected chi connectivity index (χ1v) is 5.56. The van der Waals surface area contributed by atoms with Crippen LogP contribution in [0.2, 0.25) is 0 Å². The molecule has 1 aromatic carbocycles. The Morgan fingerprint density at radius 3 is 2.44 bits per heavy atom. The standard InChI is InChI=1S/C12H10N2O4/c1-12(8-9(12)11(16)13-10(8)15)6-3-2-4-7(5-6)14(17)18/h2-5,8-9H,1H3,(H,13,15,16). The Hall–Kier alpha value is -2.24. The molecule has 0 aromatic heterocycles. The Labute approximate surface area is 102 Å². The van der Waals surface area contributed by atoms with Gasteiger partial charge in [0.1, 0.15) is 0 Å². The average Bonchev–Trinajstić information content (AvgIpc) is 2.85. The van der Waals surface area contributed by atoms with Crippen molar-refractivity contribution in [2.75, 3.05) is 0 Å². The summed E-state index contributed by atoms with van der Waals surface area (Å²) in [5.41, 5.74) is 0.0623. The number of piperidine rings is 1. The maximum atomic E-state index is 11.6. The van der Waals surface area contributed by atoms with Crippen LogP contribution in [0.25, 0.3) is 0 Å². The van der Waals surface area contributed by atoms with Gasteiger partial charge in [-0.3, -0.25) is 25.0 Å². The van der Waals surface area contributed by atoms with Crippen molar-refractivity contribution in [3.8, 4) is 0 Å².